The van der Waals surface area contributed by atoms with Crippen LogP contribution in [0.4, 0.5) is 4.79 Å². The lowest BCUT2D eigenvalue weighted by atomic mass is 9.95. The number of thioether (sulfide) groups is 1. The van der Waals surface area contributed by atoms with Crippen molar-refractivity contribution in [2.24, 2.45) is 0 Å². The number of alkyl carbamates (subject to hydrolysis) is 1. The first-order valence-corrected chi connectivity index (χ1v) is 22.7. The summed E-state index contributed by atoms with van der Waals surface area (Å²) in [6, 6.07) is 29.5. The number of halogens is 3. The molecule has 3 aliphatic heterocycles. The van der Waals surface area contributed by atoms with Crippen LogP contribution in [0, 0.1) is 0 Å². The van der Waals surface area contributed by atoms with Gasteiger partial charge in [-0.15, -0.1) is 11.8 Å². The monoisotopic (exact) mass is 984 g/mol. The highest BCUT2D eigenvalue weighted by Gasteiger charge is 2.57. The largest absolute Gasteiger partial charge is 0.459 e. The number of hydrogen-bond acceptors (Lipinski definition) is 15. The summed E-state index contributed by atoms with van der Waals surface area (Å²) in [5.41, 5.74) is -0.780. The van der Waals surface area contributed by atoms with E-state index < -0.39 is 112 Å². The van der Waals surface area contributed by atoms with E-state index in [-0.39, 0.29) is 35.3 Å². The molecule has 3 saturated heterocycles. The molecule has 0 aromatic heterocycles. The molecule has 0 saturated carbocycles. The summed E-state index contributed by atoms with van der Waals surface area (Å²) in [5.74, 6) is -3.76. The maximum atomic E-state index is 14.1. The Hall–Kier alpha value is -5.40. The molecule has 66 heavy (non-hydrogen) atoms. The average Bonchev–Trinajstić information content (AvgIpc) is 3.32. The third kappa shape index (κ3) is 12.7. The van der Waals surface area contributed by atoms with Gasteiger partial charge in [-0.3, -0.25) is 4.79 Å². The van der Waals surface area contributed by atoms with E-state index in [1.165, 1.54) is 43.3 Å². The van der Waals surface area contributed by atoms with E-state index in [1.54, 1.807) is 84.9 Å². The topological polar surface area (TPSA) is 200 Å². The molecule has 20 heteroatoms. The van der Waals surface area contributed by atoms with Gasteiger partial charge < -0.3 is 48.5 Å². The molecule has 0 radical (unpaired) electrons. The number of rotatable bonds is 14. The van der Waals surface area contributed by atoms with Gasteiger partial charge in [-0.1, -0.05) is 108 Å². The molecule has 4 aromatic carbocycles. The number of alkyl halides is 3. The maximum absolute atomic E-state index is 14.1. The highest BCUT2D eigenvalue weighted by Crippen LogP contribution is 2.43. The summed E-state index contributed by atoms with van der Waals surface area (Å²) in [5, 5.41) is 4.55. The Labute approximate surface area is 398 Å². The zero-order valence-corrected chi connectivity index (χ0v) is 38.0. The molecular formula is C46H43Cl3N2O14S. The van der Waals surface area contributed by atoms with Gasteiger partial charge in [0, 0.05) is 6.92 Å². The first kappa shape index (κ1) is 48.5. The van der Waals surface area contributed by atoms with Crippen LogP contribution < -0.4 is 10.6 Å². The van der Waals surface area contributed by atoms with E-state index in [2.05, 4.69) is 10.6 Å². The summed E-state index contributed by atoms with van der Waals surface area (Å²) >= 11 is 18.8. The van der Waals surface area contributed by atoms with Crippen molar-refractivity contribution < 1.29 is 66.7 Å². The minimum Gasteiger partial charge on any atom is -0.459 e. The quantitative estimate of drug-likeness (QED) is 0.0792. The van der Waals surface area contributed by atoms with Crippen molar-refractivity contribution in [1.29, 1.82) is 0 Å². The van der Waals surface area contributed by atoms with Crippen LogP contribution in [0.15, 0.2) is 121 Å². The molecule has 0 spiro atoms. The van der Waals surface area contributed by atoms with Crippen LogP contribution in [0.1, 0.15) is 54.8 Å². The van der Waals surface area contributed by atoms with Crippen molar-refractivity contribution in [3.8, 4) is 0 Å². The predicted molar refractivity (Wildman–Crippen MR) is 239 cm³/mol. The highest BCUT2D eigenvalue weighted by atomic mass is 35.6. The van der Waals surface area contributed by atoms with Crippen molar-refractivity contribution >= 4 is 82.4 Å². The van der Waals surface area contributed by atoms with E-state index in [4.69, 9.17) is 72.7 Å². The first-order valence-electron chi connectivity index (χ1n) is 20.6. The maximum Gasteiger partial charge on any atom is 0.407 e. The number of benzene rings is 4. The second-order valence-corrected chi connectivity index (χ2v) is 18.9. The predicted octanol–water partition coefficient (Wildman–Crippen LogP) is 6.46. The summed E-state index contributed by atoms with van der Waals surface area (Å²) in [6.07, 6.45) is -8.54. The molecule has 348 valence electrons. The smallest absolute Gasteiger partial charge is 0.407 e. The van der Waals surface area contributed by atoms with Crippen molar-refractivity contribution in [1.82, 2.24) is 10.6 Å². The third-order valence-corrected chi connectivity index (χ3v) is 12.3. The van der Waals surface area contributed by atoms with Crippen LogP contribution in [0.5, 0.6) is 0 Å². The molecule has 3 heterocycles. The van der Waals surface area contributed by atoms with Gasteiger partial charge >= 0.3 is 30.0 Å². The number of carbonyl (C=O) groups excluding carboxylic acids is 6. The molecule has 3 aliphatic rings. The van der Waals surface area contributed by atoms with Gasteiger partial charge in [0.2, 0.25) is 9.70 Å². The molecule has 7 rings (SSSR count). The number of carbonyl (C=O) groups is 6. The van der Waals surface area contributed by atoms with Crippen LogP contribution in [-0.4, -0.2) is 119 Å². The summed E-state index contributed by atoms with van der Waals surface area (Å²) < 4.78 is 46.6. The molecule has 16 nitrogen and oxygen atoms in total. The lowest BCUT2D eigenvalue weighted by Gasteiger charge is -2.51. The minimum atomic E-state index is -2.04. The van der Waals surface area contributed by atoms with Crippen LogP contribution in [0.2, 0.25) is 0 Å². The molecule has 0 aliphatic carbocycles. The Morgan fingerprint density at radius 3 is 1.61 bits per heavy atom. The number of esters is 4. The number of nitrogens with one attached hydrogen (secondary N) is 2. The summed E-state index contributed by atoms with van der Waals surface area (Å²) in [7, 11) is 0. The summed E-state index contributed by atoms with van der Waals surface area (Å²) in [6.45, 7) is 0.168. The molecule has 2 amide bonds. The van der Waals surface area contributed by atoms with Gasteiger partial charge in [0.25, 0.3) is 0 Å². The number of amides is 2. The minimum absolute atomic E-state index is 0.0888. The Kier molecular flexibility index (Phi) is 16.5. The van der Waals surface area contributed by atoms with Gasteiger partial charge in [-0.2, -0.15) is 0 Å². The van der Waals surface area contributed by atoms with Crippen molar-refractivity contribution in [3.05, 3.63) is 144 Å². The molecule has 2 bridgehead atoms. The lowest BCUT2D eigenvalue weighted by Crippen LogP contribution is -2.68. The Balaban J connectivity index is 1.33. The molecule has 10 atom stereocenters. The average molecular weight is 986 g/mol. The van der Waals surface area contributed by atoms with Crippen LogP contribution in [0.25, 0.3) is 0 Å². The number of fused-ring (bicyclic) bond motifs is 2. The number of ether oxygens (including phenoxy) is 8. The van der Waals surface area contributed by atoms with Crippen LogP contribution in [-0.2, 0) is 42.7 Å². The van der Waals surface area contributed by atoms with Gasteiger partial charge in [0.05, 0.1) is 40.2 Å². The van der Waals surface area contributed by atoms with E-state index in [0.29, 0.717) is 0 Å². The molecule has 4 aromatic rings. The first-order chi connectivity index (χ1) is 31.7. The fourth-order valence-electron chi connectivity index (χ4n) is 7.45. The van der Waals surface area contributed by atoms with Crippen molar-refractivity contribution in [2.45, 2.75) is 76.7 Å². The number of hydrogen-bond donors (Lipinski definition) is 2. The normalized spacial score (nSPS) is 25.8. The zero-order chi connectivity index (χ0) is 46.8. The van der Waals surface area contributed by atoms with Crippen molar-refractivity contribution in [3.63, 3.8) is 0 Å². The van der Waals surface area contributed by atoms with Gasteiger partial charge in [0.15, 0.2) is 18.5 Å². The Bertz CT molecular complexity index is 2310. The van der Waals surface area contributed by atoms with E-state index in [1.807, 2.05) is 0 Å². The second-order valence-electron chi connectivity index (χ2n) is 15.1. The SMILES string of the molecule is CC(=O)N[C@H]1[C@@H]2OCC[C@@H](O2)[C@@H](S[C@@H]2O[C@H](COC(=O)c3ccccc3)[C@@H](OC(=O)c3ccccc3)[C@H](OC(=O)c3ccccc3)[C@H]2NC(=O)OCC(Cl)(Cl)Cl)[C@@H]1OC(=O)c1ccccc1. The Morgan fingerprint density at radius 2 is 1.11 bits per heavy atom. The second kappa shape index (κ2) is 22.4. The zero-order valence-electron chi connectivity index (χ0n) is 34.9. The fourth-order valence-corrected chi connectivity index (χ4v) is 9.28. The Morgan fingerprint density at radius 1 is 0.621 bits per heavy atom. The lowest BCUT2D eigenvalue weighted by molar-refractivity contribution is -0.262. The summed E-state index contributed by atoms with van der Waals surface area (Å²) in [4.78, 5) is 81.9. The van der Waals surface area contributed by atoms with Gasteiger partial charge in [-0.05, 0) is 55.0 Å². The third-order valence-electron chi connectivity index (χ3n) is 10.4. The molecule has 2 N–H and O–H groups in total. The van der Waals surface area contributed by atoms with Gasteiger partial charge in [0.1, 0.15) is 42.9 Å². The molecular weight excluding hydrogens is 943 g/mol. The molecule has 0 unspecified atom stereocenters. The fraction of sp³-hybridized carbons (Fsp3) is 0.348. The van der Waals surface area contributed by atoms with Crippen LogP contribution >= 0.6 is 46.6 Å². The standard InChI is InChI=1S/C46H43Cl3N2O14S/c1-26(52)50-33-37(65-42(56)30-20-12-5-13-21-30)38(31-22-23-58-43(33)61-31)66-44-34(51-45(57)60-25-46(47,48)49)36(64-41(55)29-18-10-4-11-19-29)35(63-40(54)28-16-8-3-9-17-28)32(62-44)24-59-39(53)27-14-6-2-7-15-27/h2-21,31-38,43-44H,22-25H2,1H3,(H,50,52)(H,51,57)/t31-,32-,33-,34-,35-,36-,37-,38-,43-,44+/m1/s1. The van der Waals surface area contributed by atoms with Crippen molar-refractivity contribution in [2.75, 3.05) is 19.8 Å². The van der Waals surface area contributed by atoms with E-state index in [9.17, 15) is 28.8 Å². The van der Waals surface area contributed by atoms with Gasteiger partial charge in [-0.25, -0.2) is 24.0 Å². The molecule has 3 fully saturated rings. The van der Waals surface area contributed by atoms with Crippen LogP contribution in [0.3, 0.4) is 0 Å². The van der Waals surface area contributed by atoms with E-state index >= 15 is 0 Å². The van der Waals surface area contributed by atoms with E-state index in [0.717, 1.165) is 11.8 Å². The highest BCUT2D eigenvalue weighted by molar-refractivity contribution is 8.00.